The molecular weight excluding hydrogens is 358 g/mol. The molecule has 0 unspecified atom stereocenters. The molecule has 1 fully saturated rings. The van der Waals surface area contributed by atoms with Crippen molar-refractivity contribution >= 4 is 0 Å². The van der Waals surface area contributed by atoms with Crippen LogP contribution < -0.4 is 19.5 Å². The van der Waals surface area contributed by atoms with Gasteiger partial charge >= 0.3 is 0 Å². The molecule has 1 aromatic carbocycles. The lowest BCUT2D eigenvalue weighted by molar-refractivity contribution is 0.199. The van der Waals surface area contributed by atoms with Gasteiger partial charge in [-0.25, -0.2) is 0 Å². The molecule has 3 heterocycles. The van der Waals surface area contributed by atoms with Gasteiger partial charge in [0.1, 0.15) is 11.6 Å². The maximum Gasteiger partial charge on any atom is 0.203 e. The minimum Gasteiger partial charge on any atom is -0.493 e. The third-order valence-electron chi connectivity index (χ3n) is 5.73. The van der Waals surface area contributed by atoms with E-state index in [9.17, 15) is 0 Å². The number of benzene rings is 1. The van der Waals surface area contributed by atoms with E-state index < -0.39 is 0 Å². The first kappa shape index (κ1) is 19.0. The largest absolute Gasteiger partial charge is 0.493 e. The van der Waals surface area contributed by atoms with Crippen LogP contribution in [0.15, 0.2) is 12.1 Å². The Morgan fingerprint density at radius 3 is 2.36 bits per heavy atom. The van der Waals surface area contributed by atoms with Crippen LogP contribution in [0.3, 0.4) is 0 Å². The molecule has 4 rings (SSSR count). The molecule has 0 amide bonds. The highest BCUT2D eigenvalue weighted by molar-refractivity contribution is 5.53. The topological polar surface area (TPSA) is 73.7 Å². The summed E-state index contributed by atoms with van der Waals surface area (Å²) >= 11 is 0. The van der Waals surface area contributed by atoms with E-state index >= 15 is 0 Å². The van der Waals surface area contributed by atoms with Crippen LogP contribution in [0.1, 0.15) is 36.0 Å². The smallest absolute Gasteiger partial charge is 0.203 e. The van der Waals surface area contributed by atoms with E-state index in [2.05, 4.69) is 25.0 Å². The van der Waals surface area contributed by atoms with Gasteiger partial charge in [0.05, 0.1) is 27.9 Å². The van der Waals surface area contributed by atoms with Crippen molar-refractivity contribution in [3.05, 3.63) is 29.3 Å². The van der Waals surface area contributed by atoms with Gasteiger partial charge < -0.3 is 24.1 Å². The molecule has 1 saturated heterocycles. The summed E-state index contributed by atoms with van der Waals surface area (Å²) in [7, 11) is 4.94. The molecule has 2 aliphatic heterocycles. The molecule has 1 N–H and O–H groups in total. The first-order valence-corrected chi connectivity index (χ1v) is 9.87. The van der Waals surface area contributed by atoms with Crippen LogP contribution in [0.2, 0.25) is 0 Å². The number of nitrogens with one attached hydrogen (secondary N) is 1. The molecule has 0 spiro atoms. The summed E-state index contributed by atoms with van der Waals surface area (Å²) in [5.41, 5.74) is 1.17. The van der Waals surface area contributed by atoms with Gasteiger partial charge in [0.2, 0.25) is 5.75 Å². The molecule has 8 heteroatoms. The quantitative estimate of drug-likeness (QED) is 0.810. The Bertz CT molecular complexity index is 789. The van der Waals surface area contributed by atoms with E-state index in [-0.39, 0.29) is 0 Å². The van der Waals surface area contributed by atoms with E-state index in [0.717, 1.165) is 57.9 Å². The van der Waals surface area contributed by atoms with Crippen molar-refractivity contribution in [2.75, 3.05) is 41.0 Å². The van der Waals surface area contributed by atoms with Crippen LogP contribution in [0, 0.1) is 0 Å². The number of hydrogen-bond acceptors (Lipinski definition) is 7. The summed E-state index contributed by atoms with van der Waals surface area (Å²) in [5, 5.41) is 12.2. The van der Waals surface area contributed by atoms with Crippen molar-refractivity contribution in [3.8, 4) is 17.2 Å². The summed E-state index contributed by atoms with van der Waals surface area (Å²) in [4.78, 5) is 2.48. The van der Waals surface area contributed by atoms with E-state index in [1.807, 2.05) is 12.1 Å². The van der Waals surface area contributed by atoms with E-state index in [0.29, 0.717) is 23.2 Å². The molecule has 0 aliphatic carbocycles. The number of nitrogens with zero attached hydrogens (tertiary/aromatic N) is 4. The lowest BCUT2D eigenvalue weighted by atomic mass is 9.95. The average molecular weight is 387 g/mol. The van der Waals surface area contributed by atoms with Crippen LogP contribution in [0.4, 0.5) is 0 Å². The summed E-state index contributed by atoms with van der Waals surface area (Å²) in [6.45, 7) is 5.75. The Morgan fingerprint density at radius 2 is 1.71 bits per heavy atom. The predicted octanol–water partition coefficient (Wildman–Crippen LogP) is 1.79. The Labute approximate surface area is 165 Å². The number of piperidine rings is 1. The summed E-state index contributed by atoms with van der Waals surface area (Å²) in [6, 6.07) is 4.07. The van der Waals surface area contributed by atoms with Gasteiger partial charge in [-0.2, -0.15) is 0 Å². The number of likely N-dealkylation sites (tertiary alicyclic amines) is 1. The second-order valence-corrected chi connectivity index (χ2v) is 7.39. The third kappa shape index (κ3) is 3.66. The molecule has 152 valence electrons. The van der Waals surface area contributed by atoms with Gasteiger partial charge in [-0.3, -0.25) is 4.90 Å². The molecule has 0 bridgehead atoms. The monoisotopic (exact) mass is 387 g/mol. The number of ether oxygens (including phenoxy) is 3. The Morgan fingerprint density at radius 1 is 1.00 bits per heavy atom. The number of hydrogen-bond donors (Lipinski definition) is 1. The number of methoxy groups -OCH3 is 3. The summed E-state index contributed by atoms with van der Waals surface area (Å²) in [5.74, 6) is 4.78. The molecule has 2 aromatic rings. The van der Waals surface area contributed by atoms with Gasteiger partial charge in [0.15, 0.2) is 11.5 Å². The highest BCUT2D eigenvalue weighted by atomic mass is 16.5. The first-order valence-electron chi connectivity index (χ1n) is 9.87. The zero-order valence-corrected chi connectivity index (χ0v) is 16.9. The van der Waals surface area contributed by atoms with Crippen molar-refractivity contribution in [1.82, 2.24) is 25.0 Å². The SMILES string of the molecule is COc1cc(CN2CCC(c3nnc4n3CCNC4)CC2)cc(OC)c1OC. The Hall–Kier alpha value is -2.32. The van der Waals surface area contributed by atoms with Gasteiger partial charge in [-0.15, -0.1) is 10.2 Å². The molecular formula is C20H29N5O3. The lowest BCUT2D eigenvalue weighted by Gasteiger charge is -2.32. The van der Waals surface area contributed by atoms with Crippen molar-refractivity contribution in [1.29, 1.82) is 0 Å². The minimum absolute atomic E-state index is 0.496. The van der Waals surface area contributed by atoms with E-state index in [1.54, 1.807) is 21.3 Å². The highest BCUT2D eigenvalue weighted by Crippen LogP contribution is 2.39. The van der Waals surface area contributed by atoms with Gasteiger partial charge in [-0.05, 0) is 43.6 Å². The molecule has 1 aromatic heterocycles. The maximum absolute atomic E-state index is 5.48. The standard InChI is InChI=1S/C20H29N5O3/c1-26-16-10-14(11-17(27-2)19(16)28-3)13-24-7-4-15(5-8-24)20-23-22-18-12-21-6-9-25(18)20/h10-11,15,21H,4-9,12-13H2,1-3H3. The Balaban J connectivity index is 1.41. The zero-order valence-electron chi connectivity index (χ0n) is 16.9. The predicted molar refractivity (Wildman–Crippen MR) is 105 cm³/mol. The maximum atomic E-state index is 5.48. The van der Waals surface area contributed by atoms with E-state index in [4.69, 9.17) is 14.2 Å². The summed E-state index contributed by atoms with van der Waals surface area (Å²) in [6.07, 6.45) is 2.21. The zero-order chi connectivity index (χ0) is 19.5. The van der Waals surface area contributed by atoms with Crippen LogP contribution in [-0.4, -0.2) is 60.6 Å². The lowest BCUT2D eigenvalue weighted by Crippen LogP contribution is -2.34. The molecule has 8 nitrogen and oxygen atoms in total. The Kier molecular flexibility index (Phi) is 5.68. The normalized spacial score (nSPS) is 18.0. The first-order chi connectivity index (χ1) is 13.7. The molecule has 2 aliphatic rings. The minimum atomic E-state index is 0.496. The fraction of sp³-hybridized carbons (Fsp3) is 0.600. The van der Waals surface area contributed by atoms with Crippen LogP contribution in [0.25, 0.3) is 0 Å². The van der Waals surface area contributed by atoms with Crippen LogP contribution >= 0.6 is 0 Å². The third-order valence-corrected chi connectivity index (χ3v) is 5.73. The average Bonchev–Trinajstić information content (AvgIpc) is 3.17. The number of fused-ring (bicyclic) bond motifs is 1. The van der Waals surface area contributed by atoms with Crippen LogP contribution in [-0.2, 0) is 19.6 Å². The molecule has 0 radical (unpaired) electrons. The molecule has 28 heavy (non-hydrogen) atoms. The van der Waals surface area contributed by atoms with Crippen molar-refractivity contribution in [3.63, 3.8) is 0 Å². The number of aromatic nitrogens is 3. The second kappa shape index (κ2) is 8.36. The summed E-state index contributed by atoms with van der Waals surface area (Å²) < 4.78 is 18.7. The molecule has 0 atom stereocenters. The number of rotatable bonds is 6. The van der Waals surface area contributed by atoms with E-state index in [1.165, 1.54) is 11.4 Å². The van der Waals surface area contributed by atoms with Crippen molar-refractivity contribution < 1.29 is 14.2 Å². The van der Waals surface area contributed by atoms with Gasteiger partial charge in [0.25, 0.3) is 0 Å². The fourth-order valence-corrected chi connectivity index (χ4v) is 4.25. The van der Waals surface area contributed by atoms with Crippen LogP contribution in [0.5, 0.6) is 17.2 Å². The fourth-order valence-electron chi connectivity index (χ4n) is 4.25. The van der Waals surface area contributed by atoms with Crippen molar-refractivity contribution in [2.24, 2.45) is 0 Å². The highest BCUT2D eigenvalue weighted by Gasteiger charge is 2.27. The molecule has 0 saturated carbocycles. The van der Waals surface area contributed by atoms with Crippen molar-refractivity contribution in [2.45, 2.75) is 38.4 Å². The second-order valence-electron chi connectivity index (χ2n) is 7.39. The van der Waals surface area contributed by atoms with Gasteiger partial charge in [-0.1, -0.05) is 0 Å². The van der Waals surface area contributed by atoms with Gasteiger partial charge in [0, 0.05) is 25.6 Å².